The van der Waals surface area contributed by atoms with Gasteiger partial charge < -0.3 is 14.4 Å². The second-order valence-electron chi connectivity index (χ2n) is 4.86. The summed E-state index contributed by atoms with van der Waals surface area (Å²) < 4.78 is 10.7. The quantitative estimate of drug-likeness (QED) is 0.571. The molecule has 22 heavy (non-hydrogen) atoms. The molecule has 1 aromatic rings. The standard InChI is InChI=1S/C16H20BrNO4/c1-11(2)18(10-16(20)22-4)15(19)8-5-12-9-13(17)6-7-14(12)21-3/h5-9,11H,10H2,1-4H3/b8-5+. The topological polar surface area (TPSA) is 55.8 Å². The molecule has 0 saturated heterocycles. The molecule has 0 fully saturated rings. The summed E-state index contributed by atoms with van der Waals surface area (Å²) in [5, 5.41) is 0. The van der Waals surface area contributed by atoms with Crippen molar-refractivity contribution in [2.75, 3.05) is 20.8 Å². The van der Waals surface area contributed by atoms with Gasteiger partial charge in [0.25, 0.3) is 0 Å². The van der Waals surface area contributed by atoms with Crippen molar-refractivity contribution in [2.24, 2.45) is 0 Å². The van der Waals surface area contributed by atoms with E-state index in [9.17, 15) is 9.59 Å². The lowest BCUT2D eigenvalue weighted by molar-refractivity contribution is -0.146. The first-order valence-electron chi connectivity index (χ1n) is 6.78. The molecule has 1 rings (SSSR count). The fourth-order valence-electron chi connectivity index (χ4n) is 1.81. The summed E-state index contributed by atoms with van der Waals surface area (Å²) in [7, 11) is 2.87. The van der Waals surface area contributed by atoms with Crippen LogP contribution in [0.3, 0.4) is 0 Å². The van der Waals surface area contributed by atoms with E-state index in [-0.39, 0.29) is 18.5 Å². The Hall–Kier alpha value is -1.82. The average molecular weight is 370 g/mol. The summed E-state index contributed by atoms with van der Waals surface area (Å²) in [4.78, 5) is 25.1. The highest BCUT2D eigenvalue weighted by atomic mass is 79.9. The van der Waals surface area contributed by atoms with Gasteiger partial charge in [-0.25, -0.2) is 0 Å². The summed E-state index contributed by atoms with van der Waals surface area (Å²) in [5.41, 5.74) is 0.770. The van der Waals surface area contributed by atoms with E-state index in [1.54, 1.807) is 13.2 Å². The largest absolute Gasteiger partial charge is 0.496 e. The molecule has 0 unspecified atom stereocenters. The summed E-state index contributed by atoms with van der Waals surface area (Å²) in [6.45, 7) is 3.61. The van der Waals surface area contributed by atoms with Crippen LogP contribution in [0, 0.1) is 0 Å². The molecule has 0 spiro atoms. The molecule has 0 N–H and O–H groups in total. The molecule has 1 aromatic carbocycles. The molecule has 0 radical (unpaired) electrons. The normalized spacial score (nSPS) is 10.8. The minimum Gasteiger partial charge on any atom is -0.496 e. The Morgan fingerprint density at radius 2 is 2.00 bits per heavy atom. The van der Waals surface area contributed by atoms with Gasteiger partial charge >= 0.3 is 5.97 Å². The van der Waals surface area contributed by atoms with Gasteiger partial charge in [-0.1, -0.05) is 15.9 Å². The van der Waals surface area contributed by atoms with Crippen LogP contribution in [0.2, 0.25) is 0 Å². The third-order valence-electron chi connectivity index (χ3n) is 3.03. The molecule has 0 aromatic heterocycles. The molecule has 6 heteroatoms. The summed E-state index contributed by atoms with van der Waals surface area (Å²) in [5.74, 6) is -0.0470. The van der Waals surface area contributed by atoms with E-state index in [0.29, 0.717) is 5.75 Å². The molecular weight excluding hydrogens is 350 g/mol. The lowest BCUT2D eigenvalue weighted by atomic mass is 10.2. The van der Waals surface area contributed by atoms with Gasteiger partial charge in [0.15, 0.2) is 0 Å². The van der Waals surface area contributed by atoms with E-state index in [4.69, 9.17) is 4.74 Å². The Morgan fingerprint density at radius 1 is 1.32 bits per heavy atom. The number of hydrogen-bond acceptors (Lipinski definition) is 4. The molecule has 0 heterocycles. The van der Waals surface area contributed by atoms with Crippen LogP contribution in [0.4, 0.5) is 0 Å². The first-order chi connectivity index (χ1) is 10.4. The summed E-state index contributed by atoms with van der Waals surface area (Å²) >= 11 is 3.38. The SMILES string of the molecule is COC(=O)CN(C(=O)/C=C/c1cc(Br)ccc1OC)C(C)C. The first-order valence-corrected chi connectivity index (χ1v) is 7.57. The third kappa shape index (κ3) is 5.18. The molecule has 0 saturated carbocycles. The van der Waals surface area contributed by atoms with Crippen molar-refractivity contribution in [2.45, 2.75) is 19.9 Å². The number of halogens is 1. The van der Waals surface area contributed by atoms with Crippen molar-refractivity contribution >= 4 is 33.9 Å². The van der Waals surface area contributed by atoms with E-state index in [2.05, 4.69) is 20.7 Å². The van der Waals surface area contributed by atoms with Crippen molar-refractivity contribution < 1.29 is 19.1 Å². The lowest BCUT2D eigenvalue weighted by Crippen LogP contribution is -2.40. The number of rotatable bonds is 6. The van der Waals surface area contributed by atoms with Crippen molar-refractivity contribution in [1.82, 2.24) is 4.90 Å². The van der Waals surface area contributed by atoms with Gasteiger partial charge in [-0.2, -0.15) is 0 Å². The molecule has 1 amide bonds. The highest BCUT2D eigenvalue weighted by molar-refractivity contribution is 9.10. The van der Waals surface area contributed by atoms with Gasteiger partial charge in [-0.05, 0) is 38.1 Å². The Morgan fingerprint density at radius 3 is 2.55 bits per heavy atom. The van der Waals surface area contributed by atoms with Gasteiger partial charge in [0, 0.05) is 22.2 Å². The number of carbonyl (C=O) groups is 2. The van der Waals surface area contributed by atoms with Crippen LogP contribution in [0.15, 0.2) is 28.7 Å². The van der Waals surface area contributed by atoms with Crippen molar-refractivity contribution in [3.05, 3.63) is 34.3 Å². The lowest BCUT2D eigenvalue weighted by Gasteiger charge is -2.24. The van der Waals surface area contributed by atoms with E-state index < -0.39 is 5.97 Å². The minimum absolute atomic E-state index is 0.0764. The van der Waals surface area contributed by atoms with Gasteiger partial charge in [0.1, 0.15) is 12.3 Å². The zero-order valence-corrected chi connectivity index (χ0v) is 14.7. The molecular formula is C16H20BrNO4. The smallest absolute Gasteiger partial charge is 0.325 e. The summed E-state index contributed by atoms with van der Waals surface area (Å²) in [6, 6.07) is 5.40. The zero-order valence-electron chi connectivity index (χ0n) is 13.1. The zero-order chi connectivity index (χ0) is 16.7. The van der Waals surface area contributed by atoms with Gasteiger partial charge in [-0.15, -0.1) is 0 Å². The number of amides is 1. The molecule has 5 nitrogen and oxygen atoms in total. The highest BCUT2D eigenvalue weighted by Crippen LogP contribution is 2.24. The highest BCUT2D eigenvalue weighted by Gasteiger charge is 2.18. The Balaban J connectivity index is 2.93. The number of benzene rings is 1. The molecule has 120 valence electrons. The molecule has 0 bridgehead atoms. The van der Waals surface area contributed by atoms with Gasteiger partial charge in [0.2, 0.25) is 5.91 Å². The third-order valence-corrected chi connectivity index (χ3v) is 3.52. The van der Waals surface area contributed by atoms with E-state index in [1.165, 1.54) is 18.1 Å². The number of hydrogen-bond donors (Lipinski definition) is 0. The van der Waals surface area contributed by atoms with Crippen LogP contribution in [0.25, 0.3) is 6.08 Å². The van der Waals surface area contributed by atoms with Crippen LogP contribution >= 0.6 is 15.9 Å². The average Bonchev–Trinajstić information content (AvgIpc) is 2.49. The van der Waals surface area contributed by atoms with Crippen molar-refractivity contribution in [3.8, 4) is 5.75 Å². The predicted molar refractivity (Wildman–Crippen MR) is 88.6 cm³/mol. The van der Waals surface area contributed by atoms with E-state index in [1.807, 2.05) is 32.0 Å². The van der Waals surface area contributed by atoms with Crippen LogP contribution in [-0.2, 0) is 14.3 Å². The maximum absolute atomic E-state index is 12.3. The first kappa shape index (κ1) is 18.2. The Bertz CT molecular complexity index is 569. The van der Waals surface area contributed by atoms with E-state index in [0.717, 1.165) is 10.0 Å². The molecule has 0 aliphatic rings. The number of ether oxygens (including phenoxy) is 2. The van der Waals surface area contributed by atoms with Gasteiger partial charge in [0.05, 0.1) is 14.2 Å². The Kier molecular flexibility index (Phi) is 7.11. The number of carbonyl (C=O) groups excluding carboxylic acids is 2. The van der Waals surface area contributed by atoms with Crippen molar-refractivity contribution in [3.63, 3.8) is 0 Å². The number of esters is 1. The monoisotopic (exact) mass is 369 g/mol. The predicted octanol–water partition coefficient (Wildman–Crippen LogP) is 2.88. The van der Waals surface area contributed by atoms with Crippen LogP contribution in [0.5, 0.6) is 5.75 Å². The fraction of sp³-hybridized carbons (Fsp3) is 0.375. The second kappa shape index (κ2) is 8.58. The summed E-state index contributed by atoms with van der Waals surface area (Å²) in [6.07, 6.45) is 3.09. The van der Waals surface area contributed by atoms with Crippen LogP contribution in [-0.4, -0.2) is 43.6 Å². The van der Waals surface area contributed by atoms with Gasteiger partial charge in [-0.3, -0.25) is 9.59 Å². The van der Waals surface area contributed by atoms with Crippen molar-refractivity contribution in [1.29, 1.82) is 0 Å². The minimum atomic E-state index is -0.449. The maximum Gasteiger partial charge on any atom is 0.325 e. The maximum atomic E-state index is 12.3. The Labute approximate surface area is 139 Å². The van der Waals surface area contributed by atoms with Crippen LogP contribution in [0.1, 0.15) is 19.4 Å². The number of methoxy groups -OCH3 is 2. The molecule has 0 atom stereocenters. The van der Waals surface area contributed by atoms with Crippen LogP contribution < -0.4 is 4.74 Å². The fourth-order valence-corrected chi connectivity index (χ4v) is 2.19. The second-order valence-corrected chi connectivity index (χ2v) is 5.77. The molecule has 0 aliphatic heterocycles. The molecule has 0 aliphatic carbocycles. The van der Waals surface area contributed by atoms with E-state index >= 15 is 0 Å². The number of nitrogens with zero attached hydrogens (tertiary/aromatic N) is 1.